The van der Waals surface area contributed by atoms with Crippen molar-refractivity contribution in [3.05, 3.63) is 34.3 Å². The molecule has 1 amide bonds. The van der Waals surface area contributed by atoms with Crippen molar-refractivity contribution in [2.75, 3.05) is 6.54 Å². The zero-order valence-electron chi connectivity index (χ0n) is 11.4. The number of nitrogens with two attached hydrogens (primary N) is 1. The Morgan fingerprint density at radius 3 is 2.56 bits per heavy atom. The topological polar surface area (TPSA) is 55.1 Å². The Kier molecular flexibility index (Phi) is 4.77. The van der Waals surface area contributed by atoms with E-state index in [1.165, 1.54) is 0 Å². The highest BCUT2D eigenvalue weighted by Gasteiger charge is 2.28. The number of benzene rings is 1. The Morgan fingerprint density at radius 2 is 2.11 bits per heavy atom. The van der Waals surface area contributed by atoms with Gasteiger partial charge in [0.05, 0.1) is 5.54 Å². The first-order valence-corrected chi connectivity index (χ1v) is 6.46. The molecule has 1 unspecified atom stereocenters. The van der Waals surface area contributed by atoms with Crippen LogP contribution in [-0.4, -0.2) is 18.0 Å². The summed E-state index contributed by atoms with van der Waals surface area (Å²) in [7, 11) is 0. The zero-order valence-corrected chi connectivity index (χ0v) is 12.1. The lowest BCUT2D eigenvalue weighted by Crippen LogP contribution is -2.55. The number of carbonyl (C=O) groups is 1. The molecule has 0 saturated heterocycles. The highest BCUT2D eigenvalue weighted by Crippen LogP contribution is 2.19. The molecule has 3 N–H and O–H groups in total. The summed E-state index contributed by atoms with van der Waals surface area (Å²) in [6.07, 6.45) is 0. The van der Waals surface area contributed by atoms with Gasteiger partial charge in [0.15, 0.2) is 0 Å². The van der Waals surface area contributed by atoms with E-state index in [1.54, 1.807) is 18.2 Å². The van der Waals surface area contributed by atoms with Gasteiger partial charge in [0.1, 0.15) is 0 Å². The number of carbonyl (C=O) groups excluding carboxylic acids is 1. The Morgan fingerprint density at radius 1 is 1.50 bits per heavy atom. The van der Waals surface area contributed by atoms with Gasteiger partial charge in [-0.2, -0.15) is 0 Å². The third kappa shape index (κ3) is 3.24. The minimum atomic E-state index is -0.398. The lowest BCUT2D eigenvalue weighted by molar-refractivity contribution is 0.0883. The largest absolute Gasteiger partial charge is 0.345 e. The van der Waals surface area contributed by atoms with Crippen molar-refractivity contribution >= 4 is 17.5 Å². The van der Waals surface area contributed by atoms with Crippen LogP contribution in [0.4, 0.5) is 0 Å². The van der Waals surface area contributed by atoms with Crippen molar-refractivity contribution in [1.29, 1.82) is 0 Å². The number of nitrogens with one attached hydrogen (secondary N) is 1. The van der Waals surface area contributed by atoms with Crippen LogP contribution < -0.4 is 11.1 Å². The molecule has 18 heavy (non-hydrogen) atoms. The Balaban J connectivity index is 2.91. The summed E-state index contributed by atoms with van der Waals surface area (Å²) in [5.41, 5.74) is 6.85. The van der Waals surface area contributed by atoms with Gasteiger partial charge in [-0.15, -0.1) is 0 Å². The molecule has 4 heteroatoms. The van der Waals surface area contributed by atoms with E-state index in [1.807, 2.05) is 27.7 Å². The van der Waals surface area contributed by atoms with Gasteiger partial charge in [0, 0.05) is 17.1 Å². The molecular weight excluding hydrogens is 248 g/mol. The predicted molar refractivity (Wildman–Crippen MR) is 76.0 cm³/mol. The van der Waals surface area contributed by atoms with E-state index in [2.05, 4.69) is 5.32 Å². The second-order valence-electron chi connectivity index (χ2n) is 5.19. The van der Waals surface area contributed by atoms with E-state index in [4.69, 9.17) is 17.3 Å². The van der Waals surface area contributed by atoms with E-state index in [0.29, 0.717) is 17.1 Å². The molecule has 1 atom stereocenters. The van der Waals surface area contributed by atoms with Gasteiger partial charge in [-0.25, -0.2) is 0 Å². The maximum Gasteiger partial charge on any atom is 0.251 e. The highest BCUT2D eigenvalue weighted by atomic mass is 35.5. The van der Waals surface area contributed by atoms with Crippen molar-refractivity contribution in [2.45, 2.75) is 33.2 Å². The van der Waals surface area contributed by atoms with Crippen LogP contribution in [0.2, 0.25) is 5.02 Å². The number of amides is 1. The molecule has 0 aliphatic heterocycles. The van der Waals surface area contributed by atoms with Crippen LogP contribution in [0, 0.1) is 12.8 Å². The summed E-state index contributed by atoms with van der Waals surface area (Å²) < 4.78 is 0. The molecule has 3 nitrogen and oxygen atoms in total. The van der Waals surface area contributed by atoms with Crippen LogP contribution in [0.25, 0.3) is 0 Å². The number of halogens is 1. The van der Waals surface area contributed by atoms with Gasteiger partial charge < -0.3 is 11.1 Å². The fourth-order valence-electron chi connectivity index (χ4n) is 1.55. The highest BCUT2D eigenvalue weighted by molar-refractivity contribution is 6.31. The summed E-state index contributed by atoms with van der Waals surface area (Å²) >= 11 is 5.94. The molecule has 1 aromatic rings. The molecule has 1 rings (SSSR count). The monoisotopic (exact) mass is 268 g/mol. The predicted octanol–water partition coefficient (Wildman–Crippen LogP) is 2.75. The Bertz CT molecular complexity index is 445. The molecule has 0 aromatic heterocycles. The van der Waals surface area contributed by atoms with Crippen LogP contribution in [0.1, 0.15) is 36.7 Å². The molecule has 0 heterocycles. The molecule has 0 aliphatic carbocycles. The van der Waals surface area contributed by atoms with Gasteiger partial charge in [0.25, 0.3) is 5.91 Å². The van der Waals surface area contributed by atoms with Crippen molar-refractivity contribution in [2.24, 2.45) is 11.7 Å². The van der Waals surface area contributed by atoms with Crippen LogP contribution in [0.15, 0.2) is 18.2 Å². The summed E-state index contributed by atoms with van der Waals surface area (Å²) in [5.74, 6) is 0.149. The van der Waals surface area contributed by atoms with E-state index < -0.39 is 5.54 Å². The van der Waals surface area contributed by atoms with E-state index in [9.17, 15) is 4.79 Å². The van der Waals surface area contributed by atoms with Crippen LogP contribution in [-0.2, 0) is 0 Å². The molecule has 0 fully saturated rings. The minimum absolute atomic E-state index is 0.114. The molecule has 0 aliphatic rings. The lowest BCUT2D eigenvalue weighted by atomic mass is 9.88. The summed E-state index contributed by atoms with van der Waals surface area (Å²) in [5, 5.41) is 3.66. The molecule has 0 saturated carbocycles. The molecule has 100 valence electrons. The smallest absolute Gasteiger partial charge is 0.251 e. The third-order valence-corrected chi connectivity index (χ3v) is 3.94. The van der Waals surface area contributed by atoms with Crippen molar-refractivity contribution in [3.8, 4) is 0 Å². The quantitative estimate of drug-likeness (QED) is 0.882. The van der Waals surface area contributed by atoms with Crippen molar-refractivity contribution < 1.29 is 4.79 Å². The third-order valence-electron chi connectivity index (χ3n) is 3.52. The number of hydrogen-bond acceptors (Lipinski definition) is 2. The number of aryl methyl sites for hydroxylation is 1. The first-order chi connectivity index (χ1) is 8.30. The van der Waals surface area contributed by atoms with Gasteiger partial charge in [-0.1, -0.05) is 25.4 Å². The first-order valence-electron chi connectivity index (χ1n) is 6.09. The SMILES string of the molecule is Cc1cc(C(=O)NC(C)(CN)C(C)C)ccc1Cl. The van der Waals surface area contributed by atoms with E-state index in [0.717, 1.165) is 5.56 Å². The average molecular weight is 269 g/mol. The normalized spacial score (nSPS) is 14.4. The first kappa shape index (κ1) is 15.0. The standard InChI is InChI=1S/C14H21ClN2O/c1-9(2)14(4,8-16)17-13(18)11-5-6-12(15)10(3)7-11/h5-7,9H,8,16H2,1-4H3,(H,17,18). The minimum Gasteiger partial charge on any atom is -0.345 e. The lowest BCUT2D eigenvalue weighted by Gasteiger charge is -2.33. The Labute approximate surface area is 114 Å². The van der Waals surface area contributed by atoms with Gasteiger partial charge in [-0.3, -0.25) is 4.79 Å². The van der Waals surface area contributed by atoms with Gasteiger partial charge in [-0.05, 0) is 43.5 Å². The summed E-state index contributed by atoms with van der Waals surface area (Å²) in [4.78, 5) is 12.2. The van der Waals surface area contributed by atoms with Gasteiger partial charge >= 0.3 is 0 Å². The molecule has 0 spiro atoms. The summed E-state index contributed by atoms with van der Waals surface area (Å²) in [6, 6.07) is 5.25. The second-order valence-corrected chi connectivity index (χ2v) is 5.60. The fraction of sp³-hybridized carbons (Fsp3) is 0.500. The molecular formula is C14H21ClN2O. The van der Waals surface area contributed by atoms with Crippen molar-refractivity contribution in [3.63, 3.8) is 0 Å². The van der Waals surface area contributed by atoms with Crippen LogP contribution in [0.5, 0.6) is 0 Å². The summed E-state index contributed by atoms with van der Waals surface area (Å²) in [6.45, 7) is 8.32. The zero-order chi connectivity index (χ0) is 13.9. The van der Waals surface area contributed by atoms with Gasteiger partial charge in [0.2, 0.25) is 0 Å². The molecule has 0 bridgehead atoms. The fourth-order valence-corrected chi connectivity index (χ4v) is 1.67. The average Bonchev–Trinajstić information content (AvgIpc) is 2.32. The molecule has 0 radical (unpaired) electrons. The number of hydrogen-bond donors (Lipinski definition) is 2. The van der Waals surface area contributed by atoms with E-state index >= 15 is 0 Å². The Hall–Kier alpha value is -1.06. The van der Waals surface area contributed by atoms with Crippen LogP contribution in [0.3, 0.4) is 0 Å². The van der Waals surface area contributed by atoms with E-state index in [-0.39, 0.29) is 11.8 Å². The maximum absolute atomic E-state index is 12.2. The van der Waals surface area contributed by atoms with Crippen LogP contribution >= 0.6 is 11.6 Å². The number of rotatable bonds is 4. The molecule has 1 aromatic carbocycles. The maximum atomic E-state index is 12.2. The van der Waals surface area contributed by atoms with Crippen molar-refractivity contribution in [1.82, 2.24) is 5.32 Å². The second kappa shape index (κ2) is 5.72.